The van der Waals surface area contributed by atoms with Gasteiger partial charge in [-0.15, -0.1) is 10.2 Å². The number of benzene rings is 1. The molecule has 1 fully saturated rings. The number of hydrogen-bond acceptors (Lipinski definition) is 5. The third kappa shape index (κ3) is 2.24. The number of fused-ring (bicyclic) bond motifs is 1. The standard InChI is InChI=1S/C14H14BrN5S/c15-11-6-5-9(16)7-10(11)13-19-20-12(8-3-1-2-4-8)17-18-14(20)21-13/h5-8H,1-4,16H2. The third-order valence-electron chi connectivity index (χ3n) is 3.96. The fourth-order valence-electron chi connectivity index (χ4n) is 2.89. The lowest BCUT2D eigenvalue weighted by molar-refractivity contribution is 0.641. The Morgan fingerprint density at radius 3 is 2.86 bits per heavy atom. The van der Waals surface area contributed by atoms with E-state index in [0.29, 0.717) is 5.92 Å². The maximum atomic E-state index is 5.89. The fourth-order valence-corrected chi connectivity index (χ4v) is 4.33. The SMILES string of the molecule is Nc1ccc(Br)c(-c2nn3c(C4CCCC4)nnc3s2)c1. The molecule has 7 heteroatoms. The molecule has 3 aromatic rings. The average molecular weight is 364 g/mol. The number of nitrogen functional groups attached to an aromatic ring is 1. The van der Waals surface area contributed by atoms with Crippen molar-refractivity contribution in [3.8, 4) is 10.6 Å². The summed E-state index contributed by atoms with van der Waals surface area (Å²) in [5, 5.41) is 14.2. The molecule has 2 aromatic heterocycles. The van der Waals surface area contributed by atoms with Crippen LogP contribution in [-0.4, -0.2) is 19.8 Å². The summed E-state index contributed by atoms with van der Waals surface area (Å²) in [4.78, 5) is 0.848. The van der Waals surface area contributed by atoms with E-state index < -0.39 is 0 Å². The molecule has 0 amide bonds. The zero-order chi connectivity index (χ0) is 14.4. The van der Waals surface area contributed by atoms with E-state index in [1.54, 1.807) is 11.3 Å². The van der Waals surface area contributed by atoms with Gasteiger partial charge in [0.2, 0.25) is 4.96 Å². The lowest BCUT2D eigenvalue weighted by atomic mass is 10.1. The highest BCUT2D eigenvalue weighted by Gasteiger charge is 2.24. The van der Waals surface area contributed by atoms with E-state index in [1.165, 1.54) is 25.7 Å². The Bertz CT molecular complexity index is 803. The molecule has 2 N–H and O–H groups in total. The molecule has 0 spiro atoms. The molecule has 5 nitrogen and oxygen atoms in total. The van der Waals surface area contributed by atoms with E-state index in [2.05, 4.69) is 26.1 Å². The fraction of sp³-hybridized carbons (Fsp3) is 0.357. The van der Waals surface area contributed by atoms with Crippen molar-refractivity contribution >= 4 is 37.9 Å². The minimum atomic E-state index is 0.499. The van der Waals surface area contributed by atoms with Crippen LogP contribution < -0.4 is 5.73 Å². The second-order valence-corrected chi connectivity index (χ2v) is 7.19. The Balaban J connectivity index is 1.82. The molecule has 1 aliphatic rings. The first kappa shape index (κ1) is 13.2. The van der Waals surface area contributed by atoms with Gasteiger partial charge in [-0.1, -0.05) is 40.1 Å². The summed E-state index contributed by atoms with van der Waals surface area (Å²) in [6.45, 7) is 0. The molecule has 0 saturated heterocycles. The lowest BCUT2D eigenvalue weighted by Gasteiger charge is -2.04. The van der Waals surface area contributed by atoms with Crippen molar-refractivity contribution in [3.05, 3.63) is 28.5 Å². The van der Waals surface area contributed by atoms with Crippen LogP contribution in [0.1, 0.15) is 37.4 Å². The molecule has 0 atom stereocenters. The van der Waals surface area contributed by atoms with Crippen LogP contribution in [0.25, 0.3) is 15.5 Å². The lowest BCUT2D eigenvalue weighted by Crippen LogP contribution is -2.01. The monoisotopic (exact) mass is 363 g/mol. The van der Waals surface area contributed by atoms with Gasteiger partial charge in [-0.3, -0.25) is 0 Å². The van der Waals surface area contributed by atoms with Crippen molar-refractivity contribution in [2.75, 3.05) is 5.73 Å². The minimum Gasteiger partial charge on any atom is -0.399 e. The van der Waals surface area contributed by atoms with Crippen LogP contribution in [0.15, 0.2) is 22.7 Å². The van der Waals surface area contributed by atoms with Gasteiger partial charge in [-0.2, -0.15) is 9.61 Å². The first-order chi connectivity index (χ1) is 10.2. The number of hydrogen-bond donors (Lipinski definition) is 1. The van der Waals surface area contributed by atoms with Crippen molar-refractivity contribution in [1.82, 2.24) is 19.8 Å². The first-order valence-corrected chi connectivity index (χ1v) is 8.61. The second kappa shape index (κ2) is 5.06. The summed E-state index contributed by atoms with van der Waals surface area (Å²) >= 11 is 5.11. The van der Waals surface area contributed by atoms with Crippen molar-refractivity contribution in [3.63, 3.8) is 0 Å². The molecule has 108 valence electrons. The van der Waals surface area contributed by atoms with Crippen LogP contribution >= 0.6 is 27.3 Å². The Hall–Kier alpha value is -1.47. The van der Waals surface area contributed by atoms with Crippen LogP contribution in [0, 0.1) is 0 Å². The average Bonchev–Trinajstić information content (AvgIpc) is 3.15. The van der Waals surface area contributed by atoms with E-state index in [0.717, 1.165) is 31.5 Å². The first-order valence-electron chi connectivity index (χ1n) is 7.00. The van der Waals surface area contributed by atoms with Gasteiger partial charge in [0.05, 0.1) is 0 Å². The van der Waals surface area contributed by atoms with Crippen LogP contribution in [-0.2, 0) is 0 Å². The van der Waals surface area contributed by atoms with Crippen LogP contribution in [0.2, 0.25) is 0 Å². The van der Waals surface area contributed by atoms with Crippen molar-refractivity contribution < 1.29 is 0 Å². The van der Waals surface area contributed by atoms with E-state index in [-0.39, 0.29) is 0 Å². The molecule has 4 rings (SSSR count). The molecule has 0 aliphatic heterocycles. The predicted molar refractivity (Wildman–Crippen MR) is 87.4 cm³/mol. The zero-order valence-electron chi connectivity index (χ0n) is 11.3. The van der Waals surface area contributed by atoms with Gasteiger partial charge in [0, 0.05) is 21.6 Å². The van der Waals surface area contributed by atoms with Gasteiger partial charge in [0.15, 0.2) is 5.82 Å². The highest BCUT2D eigenvalue weighted by molar-refractivity contribution is 9.10. The summed E-state index contributed by atoms with van der Waals surface area (Å²) in [5.41, 5.74) is 7.62. The van der Waals surface area contributed by atoms with Gasteiger partial charge in [-0.05, 0) is 31.0 Å². The number of nitrogens with zero attached hydrogens (tertiary/aromatic N) is 4. The topological polar surface area (TPSA) is 69.1 Å². The molecule has 0 unspecified atom stereocenters. The summed E-state index contributed by atoms with van der Waals surface area (Å²) in [6.07, 6.45) is 4.93. The highest BCUT2D eigenvalue weighted by atomic mass is 79.9. The van der Waals surface area contributed by atoms with Gasteiger partial charge in [-0.25, -0.2) is 0 Å². The summed E-state index contributed by atoms with van der Waals surface area (Å²) in [7, 11) is 0. The molecule has 1 aromatic carbocycles. The van der Waals surface area contributed by atoms with Gasteiger partial charge >= 0.3 is 0 Å². The van der Waals surface area contributed by atoms with E-state index >= 15 is 0 Å². The van der Waals surface area contributed by atoms with Gasteiger partial charge in [0.25, 0.3) is 0 Å². The Morgan fingerprint density at radius 2 is 2.05 bits per heavy atom. The maximum absolute atomic E-state index is 5.89. The molecule has 1 aliphatic carbocycles. The molecule has 0 bridgehead atoms. The Kier molecular flexibility index (Phi) is 3.19. The predicted octanol–water partition coefficient (Wildman–Crippen LogP) is 3.86. The molecular weight excluding hydrogens is 350 g/mol. The number of anilines is 1. The number of aromatic nitrogens is 4. The van der Waals surface area contributed by atoms with E-state index in [1.807, 2.05) is 22.7 Å². The van der Waals surface area contributed by atoms with Crippen molar-refractivity contribution in [2.45, 2.75) is 31.6 Å². The quantitative estimate of drug-likeness (QED) is 0.701. The number of halogens is 1. The largest absolute Gasteiger partial charge is 0.399 e. The van der Waals surface area contributed by atoms with Crippen molar-refractivity contribution in [1.29, 1.82) is 0 Å². The summed E-state index contributed by atoms with van der Waals surface area (Å²) < 4.78 is 2.90. The highest BCUT2D eigenvalue weighted by Crippen LogP contribution is 2.36. The molecule has 2 heterocycles. The molecule has 0 radical (unpaired) electrons. The smallest absolute Gasteiger partial charge is 0.234 e. The number of rotatable bonds is 2. The molecule has 21 heavy (non-hydrogen) atoms. The van der Waals surface area contributed by atoms with Gasteiger partial charge in [0.1, 0.15) is 5.01 Å². The Labute approximate surface area is 134 Å². The third-order valence-corrected chi connectivity index (χ3v) is 5.58. The zero-order valence-corrected chi connectivity index (χ0v) is 13.7. The minimum absolute atomic E-state index is 0.499. The Morgan fingerprint density at radius 1 is 1.24 bits per heavy atom. The summed E-state index contributed by atoms with van der Waals surface area (Å²) in [5.74, 6) is 1.50. The van der Waals surface area contributed by atoms with Gasteiger partial charge < -0.3 is 5.73 Å². The van der Waals surface area contributed by atoms with E-state index in [4.69, 9.17) is 10.8 Å². The maximum Gasteiger partial charge on any atom is 0.234 e. The van der Waals surface area contributed by atoms with Crippen LogP contribution in [0.3, 0.4) is 0 Å². The van der Waals surface area contributed by atoms with E-state index in [9.17, 15) is 0 Å². The van der Waals surface area contributed by atoms with Crippen LogP contribution in [0.4, 0.5) is 5.69 Å². The summed E-state index contributed by atoms with van der Waals surface area (Å²) in [6, 6.07) is 5.76. The molecule has 1 saturated carbocycles. The number of nitrogens with two attached hydrogens (primary N) is 1. The second-order valence-electron chi connectivity index (χ2n) is 5.38. The molecular formula is C14H14BrN5S. The van der Waals surface area contributed by atoms with Crippen LogP contribution in [0.5, 0.6) is 0 Å². The normalized spacial score (nSPS) is 16.0. The van der Waals surface area contributed by atoms with Crippen molar-refractivity contribution in [2.24, 2.45) is 0 Å².